The van der Waals surface area contributed by atoms with E-state index in [2.05, 4.69) is 20.5 Å². The van der Waals surface area contributed by atoms with Crippen molar-refractivity contribution in [1.82, 2.24) is 20.5 Å². The van der Waals surface area contributed by atoms with Gasteiger partial charge in [0.15, 0.2) is 11.0 Å². The molecule has 0 bridgehead atoms. The van der Waals surface area contributed by atoms with Crippen molar-refractivity contribution in [1.29, 1.82) is 0 Å². The van der Waals surface area contributed by atoms with Crippen LogP contribution in [0.1, 0.15) is 0 Å². The molecule has 1 aromatic carbocycles. The molecule has 2 aromatic heterocycles. The number of hydrogen-bond donors (Lipinski definition) is 2. The number of hydrogen-bond acceptors (Lipinski definition) is 6. The number of carbonyl (C=O) groups excluding carboxylic acids is 2. The van der Waals surface area contributed by atoms with Crippen LogP contribution in [0.5, 0.6) is 0 Å². The van der Waals surface area contributed by atoms with Gasteiger partial charge in [0.1, 0.15) is 0 Å². The number of H-pyrrole nitrogens is 1. The van der Waals surface area contributed by atoms with E-state index in [1.54, 1.807) is 12.1 Å². The van der Waals surface area contributed by atoms with E-state index in [1.807, 2.05) is 30.3 Å². The van der Waals surface area contributed by atoms with Crippen LogP contribution in [0.3, 0.4) is 0 Å². The molecule has 0 aliphatic carbocycles. The third-order valence-corrected chi connectivity index (χ3v) is 4.10. The molecule has 2 N–H and O–H groups in total. The van der Waals surface area contributed by atoms with E-state index in [0.717, 1.165) is 17.3 Å². The molecule has 0 radical (unpaired) electrons. The number of furan rings is 1. The topological polar surface area (TPSA) is 104 Å². The summed E-state index contributed by atoms with van der Waals surface area (Å²) in [6.45, 7) is 0. The zero-order valence-electron chi connectivity index (χ0n) is 13.3. The zero-order chi connectivity index (χ0) is 17.6. The van der Waals surface area contributed by atoms with Gasteiger partial charge in [-0.2, -0.15) is 0 Å². The molecule has 3 aromatic rings. The monoisotopic (exact) mass is 357 g/mol. The van der Waals surface area contributed by atoms with Crippen LogP contribution in [0, 0.1) is 0 Å². The number of anilines is 1. The predicted molar refractivity (Wildman–Crippen MR) is 93.2 cm³/mol. The average Bonchev–Trinajstić information content (AvgIpc) is 3.32. The van der Waals surface area contributed by atoms with Crippen molar-refractivity contribution in [3.8, 4) is 11.4 Å². The molecule has 0 fully saturated rings. The molecule has 25 heavy (non-hydrogen) atoms. The van der Waals surface area contributed by atoms with Crippen LogP contribution < -0.4 is 10.2 Å². The van der Waals surface area contributed by atoms with Crippen LogP contribution in [0.4, 0.5) is 10.7 Å². The highest BCUT2D eigenvalue weighted by Gasteiger charge is 2.16. The van der Waals surface area contributed by atoms with Gasteiger partial charge in [0, 0.05) is 18.7 Å². The summed E-state index contributed by atoms with van der Waals surface area (Å²) in [4.78, 5) is 28.1. The summed E-state index contributed by atoms with van der Waals surface area (Å²) < 4.78 is 5.10. The Morgan fingerprint density at radius 1 is 1.20 bits per heavy atom. The lowest BCUT2D eigenvalue weighted by atomic mass is 10.2. The first-order valence-corrected chi connectivity index (χ1v) is 8.34. The molecule has 0 aliphatic rings. The van der Waals surface area contributed by atoms with E-state index < -0.39 is 11.9 Å². The molecule has 0 spiro atoms. The Bertz CT molecular complexity index is 848. The largest absolute Gasteiger partial charge is 0.448 e. The molecular weight excluding hydrogens is 342 g/mol. The molecule has 0 atom stereocenters. The van der Waals surface area contributed by atoms with Gasteiger partial charge in [-0.05, 0) is 6.07 Å². The number of urea groups is 1. The fourth-order valence-corrected chi connectivity index (χ4v) is 2.58. The Hall–Kier alpha value is -3.07. The van der Waals surface area contributed by atoms with E-state index in [1.165, 1.54) is 18.2 Å². The third kappa shape index (κ3) is 4.27. The minimum Gasteiger partial charge on any atom is -0.448 e. The van der Waals surface area contributed by atoms with Crippen LogP contribution in [-0.2, 0) is 4.79 Å². The maximum Gasteiger partial charge on any atom is 0.330 e. The molecule has 0 unspecified atom stereocenters. The smallest absolute Gasteiger partial charge is 0.330 e. The predicted octanol–water partition coefficient (Wildman–Crippen LogP) is 2.53. The number of amides is 3. The van der Waals surface area contributed by atoms with Gasteiger partial charge in [-0.3, -0.25) is 15.0 Å². The summed E-state index contributed by atoms with van der Waals surface area (Å²) >= 11 is 1.16. The summed E-state index contributed by atoms with van der Waals surface area (Å²) in [6, 6.07) is 12.2. The fourth-order valence-electron chi connectivity index (χ4n) is 1.97. The van der Waals surface area contributed by atoms with Crippen molar-refractivity contribution in [2.24, 2.45) is 0 Å². The molecule has 0 saturated heterocycles. The minimum absolute atomic E-state index is 0.0289. The number of carbonyl (C=O) groups is 2. The Morgan fingerprint density at radius 2 is 2.00 bits per heavy atom. The van der Waals surface area contributed by atoms with Crippen molar-refractivity contribution in [3.05, 3.63) is 48.7 Å². The summed E-state index contributed by atoms with van der Waals surface area (Å²) in [6.07, 6.45) is 1.45. The molecule has 0 aliphatic heterocycles. The Morgan fingerprint density at radius 3 is 2.72 bits per heavy atom. The van der Waals surface area contributed by atoms with Gasteiger partial charge >= 0.3 is 6.03 Å². The van der Waals surface area contributed by atoms with Crippen LogP contribution in [-0.4, -0.2) is 39.9 Å². The van der Waals surface area contributed by atoms with E-state index >= 15 is 0 Å². The molecule has 0 saturated carbocycles. The van der Waals surface area contributed by atoms with Crippen molar-refractivity contribution >= 4 is 29.6 Å². The highest BCUT2D eigenvalue weighted by molar-refractivity contribution is 7.99. The average molecular weight is 357 g/mol. The van der Waals surface area contributed by atoms with Gasteiger partial charge in [0.05, 0.1) is 12.0 Å². The van der Waals surface area contributed by atoms with Gasteiger partial charge in [-0.1, -0.05) is 42.1 Å². The number of nitrogens with zero attached hydrogens (tertiary/aromatic N) is 3. The molecule has 3 rings (SSSR count). The summed E-state index contributed by atoms with van der Waals surface area (Å²) in [7, 11) is 1.51. The number of thioether (sulfide) groups is 1. The maximum atomic E-state index is 11.9. The summed E-state index contributed by atoms with van der Waals surface area (Å²) in [5.74, 6) is 0.560. The molecule has 8 nitrogen and oxygen atoms in total. The van der Waals surface area contributed by atoms with E-state index in [4.69, 9.17) is 4.42 Å². The first-order valence-electron chi connectivity index (χ1n) is 7.35. The van der Waals surface area contributed by atoms with Crippen LogP contribution >= 0.6 is 11.8 Å². The molecule has 3 amide bonds. The summed E-state index contributed by atoms with van der Waals surface area (Å²) in [5.41, 5.74) is 0.904. The van der Waals surface area contributed by atoms with E-state index in [-0.39, 0.29) is 5.75 Å². The van der Waals surface area contributed by atoms with Crippen LogP contribution in [0.2, 0.25) is 0 Å². The van der Waals surface area contributed by atoms with E-state index in [0.29, 0.717) is 16.9 Å². The molecular formula is C16H15N5O3S. The summed E-state index contributed by atoms with van der Waals surface area (Å²) in [5, 5.41) is 10.8. The molecule has 9 heteroatoms. The Kier molecular flexibility index (Phi) is 5.14. The van der Waals surface area contributed by atoms with Gasteiger partial charge in [-0.15, -0.1) is 10.2 Å². The molecule has 128 valence electrons. The number of nitrogens with one attached hydrogen (secondary N) is 2. The van der Waals surface area contributed by atoms with Gasteiger partial charge in [0.2, 0.25) is 11.8 Å². The van der Waals surface area contributed by atoms with Gasteiger partial charge in [-0.25, -0.2) is 4.79 Å². The lowest BCUT2D eigenvalue weighted by Crippen LogP contribution is -2.41. The van der Waals surface area contributed by atoms with E-state index in [9.17, 15) is 9.59 Å². The van der Waals surface area contributed by atoms with Crippen molar-refractivity contribution < 1.29 is 14.0 Å². The van der Waals surface area contributed by atoms with Crippen molar-refractivity contribution in [3.63, 3.8) is 0 Å². The third-order valence-electron chi connectivity index (χ3n) is 3.24. The fraction of sp³-hybridized carbons (Fsp3) is 0.125. The number of imide groups is 1. The Labute approximate surface area is 147 Å². The second-order valence-electron chi connectivity index (χ2n) is 5.00. The van der Waals surface area contributed by atoms with Gasteiger partial charge in [0.25, 0.3) is 0 Å². The lowest BCUT2D eigenvalue weighted by molar-refractivity contribution is -0.117. The van der Waals surface area contributed by atoms with Crippen LogP contribution in [0.25, 0.3) is 11.4 Å². The first kappa shape index (κ1) is 16.8. The second-order valence-corrected chi connectivity index (χ2v) is 5.96. The van der Waals surface area contributed by atoms with Crippen molar-refractivity contribution in [2.75, 3.05) is 17.7 Å². The maximum absolute atomic E-state index is 11.9. The first-order chi connectivity index (χ1) is 12.1. The number of rotatable bonds is 5. The highest BCUT2D eigenvalue weighted by atomic mass is 32.2. The van der Waals surface area contributed by atoms with Crippen LogP contribution in [0.15, 0.2) is 58.3 Å². The van der Waals surface area contributed by atoms with Gasteiger partial charge < -0.3 is 9.40 Å². The number of aromatic nitrogens is 3. The Balaban J connectivity index is 1.51. The highest BCUT2D eigenvalue weighted by Crippen LogP contribution is 2.18. The van der Waals surface area contributed by atoms with Crippen molar-refractivity contribution in [2.45, 2.75) is 5.16 Å². The quantitative estimate of drug-likeness (QED) is 0.680. The zero-order valence-corrected chi connectivity index (χ0v) is 14.1. The number of benzene rings is 1. The lowest BCUT2D eigenvalue weighted by Gasteiger charge is -2.13. The number of aromatic amines is 1. The standard InChI is InChI=1S/C16H15N5O3S/c1-21(13-8-5-9-24-13)16(23)17-12(22)10-25-15-18-14(19-20-15)11-6-3-2-4-7-11/h2-9H,10H2,1H3,(H,17,22,23)(H,18,19,20). The second kappa shape index (κ2) is 7.67. The normalized spacial score (nSPS) is 10.4. The minimum atomic E-state index is -0.567. The molecule has 2 heterocycles. The SMILES string of the molecule is CN(C(=O)NC(=O)CSc1nnc(-c2ccccc2)[nH]1)c1ccco1.